The third-order valence-corrected chi connectivity index (χ3v) is 11.2. The smallest absolute Gasteiger partial charge is 0.165 e. The summed E-state index contributed by atoms with van der Waals surface area (Å²) in [6.45, 7) is 0. The van der Waals surface area contributed by atoms with Crippen LogP contribution in [-0.2, 0) is 0 Å². The average Bonchev–Trinajstić information content (AvgIpc) is 3.93. The highest BCUT2D eigenvalue weighted by molar-refractivity contribution is 6.27. The molecule has 0 fully saturated rings. The van der Waals surface area contributed by atoms with Crippen molar-refractivity contribution in [2.75, 3.05) is 0 Å². The van der Waals surface area contributed by atoms with Crippen LogP contribution in [0.25, 0.3) is 111 Å². The summed E-state index contributed by atoms with van der Waals surface area (Å²) in [7, 11) is 0. The number of nitrogens with zero attached hydrogens (tertiary/aromatic N) is 5. The maximum absolute atomic E-state index is 6.72. The van der Waals surface area contributed by atoms with E-state index in [1.165, 1.54) is 0 Å². The van der Waals surface area contributed by atoms with E-state index in [-0.39, 0.29) is 0 Å². The highest BCUT2D eigenvalue weighted by Crippen LogP contribution is 2.45. The monoisotopic (exact) mass is 729 g/mol. The van der Waals surface area contributed by atoms with Gasteiger partial charge in [-0.05, 0) is 60.7 Å². The van der Waals surface area contributed by atoms with Crippen LogP contribution in [0.5, 0.6) is 0 Å². The number of pyridine rings is 1. The van der Waals surface area contributed by atoms with Crippen LogP contribution in [-0.4, -0.2) is 24.1 Å². The summed E-state index contributed by atoms with van der Waals surface area (Å²) in [5.41, 5.74) is 12.4. The second kappa shape index (κ2) is 12.3. The molecule has 0 radical (unpaired) electrons. The lowest BCUT2D eigenvalue weighted by atomic mass is 10.0. The zero-order valence-electron chi connectivity index (χ0n) is 30.5. The minimum absolute atomic E-state index is 0.743. The first-order valence-corrected chi connectivity index (χ1v) is 19.1. The van der Waals surface area contributed by atoms with Crippen molar-refractivity contribution < 1.29 is 4.42 Å². The van der Waals surface area contributed by atoms with Gasteiger partial charge in [-0.15, -0.1) is 0 Å². The van der Waals surface area contributed by atoms with E-state index in [0.29, 0.717) is 0 Å². The third kappa shape index (κ3) is 4.74. The molecule has 0 N–H and O–H groups in total. The number of para-hydroxylation sites is 3. The molecule has 5 aromatic heterocycles. The first-order chi connectivity index (χ1) is 28.3. The van der Waals surface area contributed by atoms with Gasteiger partial charge in [-0.1, -0.05) is 115 Å². The van der Waals surface area contributed by atoms with E-state index >= 15 is 0 Å². The standard InChI is InChI=1S/C51H31N5O/c1-4-14-32(15-5-1)47-48(33-16-6-2-7-17-33)54-51(49(53-47)34-26-28-52-29-27-34)56-41-22-12-10-20-36(41)39-30-40-44(31-43(39)56)55(35-18-8-3-9-19-35)42-25-24-38-37-21-11-13-23-45(37)57-50(38)46(40)42/h1-31H. The maximum Gasteiger partial charge on any atom is 0.165 e. The van der Waals surface area contributed by atoms with Crippen LogP contribution in [0.4, 0.5) is 0 Å². The zero-order valence-corrected chi connectivity index (χ0v) is 30.5. The molecule has 0 spiro atoms. The molecular weight excluding hydrogens is 699 g/mol. The van der Waals surface area contributed by atoms with Crippen LogP contribution in [0.1, 0.15) is 0 Å². The van der Waals surface area contributed by atoms with Gasteiger partial charge in [0.1, 0.15) is 16.9 Å². The van der Waals surface area contributed by atoms with Crippen LogP contribution in [0.3, 0.4) is 0 Å². The van der Waals surface area contributed by atoms with Crippen molar-refractivity contribution in [3.63, 3.8) is 0 Å². The number of hydrogen-bond acceptors (Lipinski definition) is 4. The predicted molar refractivity (Wildman–Crippen MR) is 232 cm³/mol. The Morgan fingerprint density at radius 2 is 1.00 bits per heavy atom. The number of aromatic nitrogens is 5. The van der Waals surface area contributed by atoms with Crippen LogP contribution in [0.15, 0.2) is 193 Å². The lowest BCUT2D eigenvalue weighted by Gasteiger charge is -2.17. The highest BCUT2D eigenvalue weighted by Gasteiger charge is 2.25. The van der Waals surface area contributed by atoms with Crippen LogP contribution in [0, 0.1) is 0 Å². The van der Waals surface area contributed by atoms with E-state index in [2.05, 4.69) is 160 Å². The summed E-state index contributed by atoms with van der Waals surface area (Å²) >= 11 is 0. The van der Waals surface area contributed by atoms with E-state index in [0.717, 1.165) is 111 Å². The second-order valence-electron chi connectivity index (χ2n) is 14.4. The third-order valence-electron chi connectivity index (χ3n) is 11.2. The number of benzene rings is 7. The molecule has 6 nitrogen and oxygen atoms in total. The molecule has 7 aromatic carbocycles. The second-order valence-corrected chi connectivity index (χ2v) is 14.4. The fraction of sp³-hybridized carbons (Fsp3) is 0. The van der Waals surface area contributed by atoms with Gasteiger partial charge in [0.05, 0.1) is 38.8 Å². The number of fused-ring (bicyclic) bond motifs is 10. The predicted octanol–water partition coefficient (Wildman–Crippen LogP) is 13.0. The summed E-state index contributed by atoms with van der Waals surface area (Å²) in [5.74, 6) is 0.743. The molecule has 57 heavy (non-hydrogen) atoms. The summed E-state index contributed by atoms with van der Waals surface area (Å²) in [5, 5.41) is 6.69. The average molecular weight is 730 g/mol. The number of furan rings is 1. The summed E-state index contributed by atoms with van der Waals surface area (Å²) in [4.78, 5) is 15.6. The van der Waals surface area contributed by atoms with E-state index in [9.17, 15) is 0 Å². The lowest BCUT2D eigenvalue weighted by Crippen LogP contribution is -2.06. The molecule has 0 amide bonds. The zero-order chi connectivity index (χ0) is 37.5. The number of rotatable bonds is 5. The van der Waals surface area contributed by atoms with Crippen molar-refractivity contribution >= 4 is 65.6 Å². The Kier molecular flexibility index (Phi) is 6.83. The summed E-state index contributed by atoms with van der Waals surface area (Å²) < 4.78 is 11.4. The van der Waals surface area contributed by atoms with Crippen molar-refractivity contribution in [2.45, 2.75) is 0 Å². The first-order valence-electron chi connectivity index (χ1n) is 19.1. The van der Waals surface area contributed by atoms with E-state index in [1.807, 2.05) is 42.7 Å². The molecule has 0 saturated heterocycles. The molecule has 6 heteroatoms. The van der Waals surface area contributed by atoms with E-state index in [4.69, 9.17) is 14.4 Å². The van der Waals surface area contributed by atoms with Crippen LogP contribution in [0.2, 0.25) is 0 Å². The quantitative estimate of drug-likeness (QED) is 0.177. The molecule has 0 aliphatic heterocycles. The molecule has 0 bridgehead atoms. The van der Waals surface area contributed by atoms with Gasteiger partial charge in [0.2, 0.25) is 0 Å². The van der Waals surface area contributed by atoms with Crippen molar-refractivity contribution in [3.8, 4) is 45.3 Å². The van der Waals surface area contributed by atoms with Gasteiger partial charge in [0.15, 0.2) is 5.82 Å². The van der Waals surface area contributed by atoms with Gasteiger partial charge in [-0.3, -0.25) is 9.55 Å². The SMILES string of the molecule is c1ccc(-c2nc(-c3ccncc3)c(-n3c4ccccc4c4cc5c6c7oc8ccccc8c7ccc6n(-c6ccccc6)c5cc43)nc2-c2ccccc2)cc1. The van der Waals surface area contributed by atoms with Gasteiger partial charge >= 0.3 is 0 Å². The summed E-state index contributed by atoms with van der Waals surface area (Å²) in [6.07, 6.45) is 3.64. The molecule has 12 aromatic rings. The molecular formula is C51H31N5O. The summed E-state index contributed by atoms with van der Waals surface area (Å²) in [6, 6.07) is 61.4. The van der Waals surface area contributed by atoms with Crippen molar-refractivity contribution in [1.29, 1.82) is 0 Å². The first kappa shape index (κ1) is 31.5. The topological polar surface area (TPSA) is 61.7 Å². The maximum atomic E-state index is 6.72. The Balaban J connectivity index is 1.25. The van der Waals surface area contributed by atoms with Crippen molar-refractivity contribution in [3.05, 3.63) is 188 Å². The van der Waals surface area contributed by atoms with Crippen LogP contribution >= 0.6 is 0 Å². The number of hydrogen-bond donors (Lipinski definition) is 0. The van der Waals surface area contributed by atoms with Gasteiger partial charge in [-0.25, -0.2) is 9.97 Å². The fourth-order valence-corrected chi connectivity index (χ4v) is 8.71. The fourth-order valence-electron chi connectivity index (χ4n) is 8.71. The van der Waals surface area contributed by atoms with E-state index < -0.39 is 0 Å². The Morgan fingerprint density at radius 3 is 1.75 bits per heavy atom. The van der Waals surface area contributed by atoms with Gasteiger partial charge in [0, 0.05) is 61.7 Å². The van der Waals surface area contributed by atoms with Gasteiger partial charge in [0.25, 0.3) is 0 Å². The Hall–Kier alpha value is -7.83. The van der Waals surface area contributed by atoms with Crippen LogP contribution < -0.4 is 0 Å². The highest BCUT2D eigenvalue weighted by atomic mass is 16.3. The molecule has 0 aliphatic carbocycles. The molecule has 5 heterocycles. The minimum atomic E-state index is 0.743. The van der Waals surface area contributed by atoms with E-state index in [1.54, 1.807) is 0 Å². The normalized spacial score (nSPS) is 11.9. The Labute approximate surface area is 326 Å². The van der Waals surface area contributed by atoms with Gasteiger partial charge in [-0.2, -0.15) is 0 Å². The van der Waals surface area contributed by atoms with Crippen molar-refractivity contribution in [2.24, 2.45) is 0 Å². The molecule has 266 valence electrons. The van der Waals surface area contributed by atoms with Crippen molar-refractivity contribution in [1.82, 2.24) is 24.1 Å². The molecule has 12 rings (SSSR count). The molecule has 0 atom stereocenters. The Bertz CT molecular complexity index is 3500. The molecule has 0 unspecified atom stereocenters. The Morgan fingerprint density at radius 1 is 0.386 bits per heavy atom. The van der Waals surface area contributed by atoms with Gasteiger partial charge < -0.3 is 8.98 Å². The largest absolute Gasteiger partial charge is 0.455 e. The minimum Gasteiger partial charge on any atom is -0.455 e. The lowest BCUT2D eigenvalue weighted by molar-refractivity contribution is 0.673. The molecule has 0 saturated carbocycles. The molecule has 0 aliphatic rings.